The summed E-state index contributed by atoms with van der Waals surface area (Å²) in [5.74, 6) is 7.40. The van der Waals surface area contributed by atoms with E-state index in [1.54, 1.807) is 12.4 Å². The van der Waals surface area contributed by atoms with Gasteiger partial charge in [0, 0.05) is 18.0 Å². The van der Waals surface area contributed by atoms with Gasteiger partial charge in [-0.25, -0.2) is 10.8 Å². The van der Waals surface area contributed by atoms with Crippen molar-refractivity contribution in [3.63, 3.8) is 0 Å². The molecule has 0 spiro atoms. The van der Waals surface area contributed by atoms with Crippen LogP contribution < -0.4 is 20.7 Å². The smallest absolute Gasteiger partial charge is 0.166 e. The zero-order chi connectivity index (χ0) is 12.4. The summed E-state index contributed by atoms with van der Waals surface area (Å²) in [6.45, 7) is 1.13. The maximum absolute atomic E-state index is 5.53. The highest BCUT2D eigenvalue weighted by Crippen LogP contribution is 2.35. The molecular formula is C12H12N4O2. The molecule has 3 rings (SSSR count). The molecule has 0 aliphatic carbocycles. The third-order valence-corrected chi connectivity index (χ3v) is 2.65. The minimum atomic E-state index is 0.522. The standard InChI is InChI=1S/C12H12N4O2/c13-16-12-11(14-3-4-15-12)8-1-2-9-10(7-8)18-6-5-17-9/h1-4,7H,5-6,13H2,(H,15,16). The van der Waals surface area contributed by atoms with E-state index in [9.17, 15) is 0 Å². The van der Waals surface area contributed by atoms with Crippen molar-refractivity contribution in [2.75, 3.05) is 18.6 Å². The topological polar surface area (TPSA) is 82.3 Å². The minimum absolute atomic E-state index is 0.522. The molecule has 0 fully saturated rings. The Morgan fingerprint density at radius 1 is 1.06 bits per heavy atom. The lowest BCUT2D eigenvalue weighted by Crippen LogP contribution is -2.15. The van der Waals surface area contributed by atoms with Crippen LogP contribution in [0.25, 0.3) is 11.3 Å². The second-order valence-corrected chi connectivity index (χ2v) is 3.76. The van der Waals surface area contributed by atoms with E-state index in [-0.39, 0.29) is 0 Å². The largest absolute Gasteiger partial charge is 0.486 e. The number of hydrogen-bond donors (Lipinski definition) is 2. The number of fused-ring (bicyclic) bond motifs is 1. The molecule has 92 valence electrons. The molecular weight excluding hydrogens is 232 g/mol. The zero-order valence-electron chi connectivity index (χ0n) is 9.59. The Labute approximate surface area is 104 Å². The van der Waals surface area contributed by atoms with Crippen LogP contribution in [0.15, 0.2) is 30.6 Å². The van der Waals surface area contributed by atoms with Crippen LogP contribution >= 0.6 is 0 Å². The van der Waals surface area contributed by atoms with Gasteiger partial charge in [0.15, 0.2) is 17.3 Å². The molecule has 18 heavy (non-hydrogen) atoms. The van der Waals surface area contributed by atoms with Crippen molar-refractivity contribution in [2.45, 2.75) is 0 Å². The van der Waals surface area contributed by atoms with E-state index in [1.165, 1.54) is 0 Å². The maximum Gasteiger partial charge on any atom is 0.166 e. The van der Waals surface area contributed by atoms with Gasteiger partial charge >= 0.3 is 0 Å². The summed E-state index contributed by atoms with van der Waals surface area (Å²) in [7, 11) is 0. The second kappa shape index (κ2) is 4.50. The average molecular weight is 244 g/mol. The summed E-state index contributed by atoms with van der Waals surface area (Å²) in [6, 6.07) is 5.64. The van der Waals surface area contributed by atoms with Crippen molar-refractivity contribution in [3.05, 3.63) is 30.6 Å². The number of ether oxygens (including phenoxy) is 2. The van der Waals surface area contributed by atoms with E-state index in [1.807, 2.05) is 18.2 Å². The molecule has 0 saturated heterocycles. The zero-order valence-corrected chi connectivity index (χ0v) is 9.59. The first-order chi connectivity index (χ1) is 8.88. The van der Waals surface area contributed by atoms with Gasteiger partial charge in [-0.3, -0.25) is 4.98 Å². The number of nitrogens with two attached hydrogens (primary N) is 1. The van der Waals surface area contributed by atoms with Crippen LogP contribution in [-0.4, -0.2) is 23.2 Å². The fraction of sp³-hybridized carbons (Fsp3) is 0.167. The number of rotatable bonds is 2. The van der Waals surface area contributed by atoms with E-state index >= 15 is 0 Å². The van der Waals surface area contributed by atoms with E-state index < -0.39 is 0 Å². The third-order valence-electron chi connectivity index (χ3n) is 2.65. The number of aromatic nitrogens is 2. The first-order valence-corrected chi connectivity index (χ1v) is 5.56. The van der Waals surface area contributed by atoms with Crippen molar-refractivity contribution in [2.24, 2.45) is 5.84 Å². The Hall–Kier alpha value is -2.34. The van der Waals surface area contributed by atoms with Gasteiger partial charge in [-0.15, -0.1) is 0 Å². The van der Waals surface area contributed by atoms with Gasteiger partial charge in [-0.05, 0) is 18.2 Å². The van der Waals surface area contributed by atoms with Gasteiger partial charge < -0.3 is 14.9 Å². The average Bonchev–Trinajstić information content (AvgIpc) is 2.46. The van der Waals surface area contributed by atoms with Crippen molar-refractivity contribution < 1.29 is 9.47 Å². The number of hydrogen-bond acceptors (Lipinski definition) is 6. The SMILES string of the molecule is NNc1nccnc1-c1ccc2c(c1)OCCO2. The lowest BCUT2D eigenvalue weighted by molar-refractivity contribution is 0.171. The lowest BCUT2D eigenvalue weighted by atomic mass is 10.1. The Morgan fingerprint density at radius 2 is 1.83 bits per heavy atom. The molecule has 6 heteroatoms. The third kappa shape index (κ3) is 1.82. The van der Waals surface area contributed by atoms with E-state index in [2.05, 4.69) is 15.4 Å². The Balaban J connectivity index is 2.06. The Bertz CT molecular complexity index is 574. The van der Waals surface area contributed by atoms with E-state index in [0.717, 1.165) is 11.3 Å². The molecule has 1 aromatic carbocycles. The molecule has 3 N–H and O–H groups in total. The first kappa shape index (κ1) is 10.8. The molecule has 0 radical (unpaired) electrons. The number of nitrogens with one attached hydrogen (secondary N) is 1. The number of nitrogens with zero attached hydrogens (tertiary/aromatic N) is 2. The van der Waals surface area contributed by atoms with Crippen molar-refractivity contribution >= 4 is 5.82 Å². The molecule has 0 saturated carbocycles. The Kier molecular flexibility index (Phi) is 2.70. The summed E-state index contributed by atoms with van der Waals surface area (Å²) in [5.41, 5.74) is 4.08. The minimum Gasteiger partial charge on any atom is -0.486 e. The van der Waals surface area contributed by atoms with E-state index in [4.69, 9.17) is 15.3 Å². The van der Waals surface area contributed by atoms with Gasteiger partial charge in [-0.1, -0.05) is 0 Å². The molecule has 1 aliphatic heterocycles. The second-order valence-electron chi connectivity index (χ2n) is 3.76. The monoisotopic (exact) mass is 244 g/mol. The maximum atomic E-state index is 5.53. The number of anilines is 1. The normalized spacial score (nSPS) is 13.2. The Morgan fingerprint density at radius 3 is 2.67 bits per heavy atom. The van der Waals surface area contributed by atoms with Crippen LogP contribution in [0.3, 0.4) is 0 Å². The van der Waals surface area contributed by atoms with Crippen LogP contribution in [0, 0.1) is 0 Å². The van der Waals surface area contributed by atoms with Gasteiger partial charge in [0.1, 0.15) is 18.9 Å². The molecule has 2 aromatic rings. The fourth-order valence-electron chi connectivity index (χ4n) is 1.85. The predicted molar refractivity (Wildman–Crippen MR) is 66.3 cm³/mol. The van der Waals surface area contributed by atoms with Crippen LogP contribution in [0.4, 0.5) is 5.82 Å². The van der Waals surface area contributed by atoms with Crippen LogP contribution in [0.2, 0.25) is 0 Å². The summed E-state index contributed by atoms with van der Waals surface area (Å²) in [5, 5.41) is 0. The van der Waals surface area contributed by atoms with Crippen LogP contribution in [-0.2, 0) is 0 Å². The lowest BCUT2D eigenvalue weighted by Gasteiger charge is -2.19. The van der Waals surface area contributed by atoms with E-state index in [0.29, 0.717) is 30.5 Å². The molecule has 0 atom stereocenters. The summed E-state index contributed by atoms with van der Waals surface area (Å²) in [4.78, 5) is 8.38. The van der Waals surface area contributed by atoms with Gasteiger partial charge in [0.25, 0.3) is 0 Å². The quantitative estimate of drug-likeness (QED) is 0.610. The van der Waals surface area contributed by atoms with Crippen molar-refractivity contribution in [3.8, 4) is 22.8 Å². The molecule has 0 amide bonds. The molecule has 6 nitrogen and oxygen atoms in total. The molecule has 2 heterocycles. The number of benzene rings is 1. The van der Waals surface area contributed by atoms with Gasteiger partial charge in [-0.2, -0.15) is 0 Å². The van der Waals surface area contributed by atoms with Crippen molar-refractivity contribution in [1.82, 2.24) is 9.97 Å². The fourth-order valence-corrected chi connectivity index (χ4v) is 1.85. The molecule has 1 aromatic heterocycles. The van der Waals surface area contributed by atoms with Crippen LogP contribution in [0.5, 0.6) is 11.5 Å². The highest BCUT2D eigenvalue weighted by Gasteiger charge is 2.14. The predicted octanol–water partition coefficient (Wildman–Crippen LogP) is 1.20. The highest BCUT2D eigenvalue weighted by molar-refractivity contribution is 5.73. The van der Waals surface area contributed by atoms with Crippen molar-refractivity contribution in [1.29, 1.82) is 0 Å². The summed E-state index contributed by atoms with van der Waals surface area (Å²) < 4.78 is 11.0. The highest BCUT2D eigenvalue weighted by atomic mass is 16.6. The summed E-state index contributed by atoms with van der Waals surface area (Å²) >= 11 is 0. The van der Waals surface area contributed by atoms with Gasteiger partial charge in [0.05, 0.1) is 0 Å². The molecule has 0 unspecified atom stereocenters. The number of nitrogen functional groups attached to an aromatic ring is 1. The summed E-state index contributed by atoms with van der Waals surface area (Å²) in [6.07, 6.45) is 3.20. The molecule has 0 bridgehead atoms. The van der Waals surface area contributed by atoms with Crippen LogP contribution in [0.1, 0.15) is 0 Å². The number of hydrazine groups is 1. The molecule has 1 aliphatic rings. The first-order valence-electron chi connectivity index (χ1n) is 5.56. The van der Waals surface area contributed by atoms with Gasteiger partial charge in [0.2, 0.25) is 0 Å².